The fourth-order valence-electron chi connectivity index (χ4n) is 4.54. The number of imidazole rings is 1. The van der Waals surface area contributed by atoms with Crippen LogP contribution in [0.15, 0.2) is 24.4 Å². The van der Waals surface area contributed by atoms with Crippen LogP contribution >= 0.6 is 0 Å². The minimum Gasteiger partial charge on any atom is -0.334 e. The van der Waals surface area contributed by atoms with Gasteiger partial charge in [-0.3, -0.25) is 9.69 Å². The second-order valence-corrected chi connectivity index (χ2v) is 8.24. The predicted molar refractivity (Wildman–Crippen MR) is 111 cm³/mol. The minimum absolute atomic E-state index is 0.0421. The number of rotatable bonds is 2. The number of hydrogen-bond acceptors (Lipinski definition) is 5. The Hall–Kier alpha value is -2.80. The third-order valence-corrected chi connectivity index (χ3v) is 6.41. The molecular formula is C22H26N6O. The molecule has 1 saturated heterocycles. The van der Waals surface area contributed by atoms with Crippen molar-refractivity contribution < 1.29 is 4.79 Å². The quantitative estimate of drug-likeness (QED) is 0.673. The van der Waals surface area contributed by atoms with E-state index >= 15 is 0 Å². The van der Waals surface area contributed by atoms with E-state index in [0.29, 0.717) is 24.7 Å². The van der Waals surface area contributed by atoms with Crippen molar-refractivity contribution in [1.82, 2.24) is 29.3 Å². The summed E-state index contributed by atoms with van der Waals surface area (Å²) in [7, 11) is 4.13. The summed E-state index contributed by atoms with van der Waals surface area (Å²) >= 11 is 0. The Morgan fingerprint density at radius 1 is 1.17 bits per heavy atom. The lowest BCUT2D eigenvalue weighted by Gasteiger charge is -2.29. The standard InChI is InChI=1S/C22H26N6O/c1-14-24-18-11-15(6-7-19(18)27(14)3)22(29)28-10-8-17-16(13-28)12-23-21(25-17)20-5-4-9-26(20)2/h6-7,11-12,20H,4-5,8-10,13H2,1-3H3/t20-/m0/s1. The van der Waals surface area contributed by atoms with E-state index in [0.717, 1.165) is 53.3 Å². The Morgan fingerprint density at radius 2 is 2.03 bits per heavy atom. The molecule has 1 amide bonds. The predicted octanol–water partition coefficient (Wildman–Crippen LogP) is 2.64. The topological polar surface area (TPSA) is 67.2 Å². The monoisotopic (exact) mass is 390 g/mol. The van der Waals surface area contributed by atoms with Gasteiger partial charge >= 0.3 is 0 Å². The summed E-state index contributed by atoms with van der Waals surface area (Å²) in [6, 6.07) is 6.11. The highest BCUT2D eigenvalue weighted by Crippen LogP contribution is 2.29. The molecule has 2 aliphatic rings. The lowest BCUT2D eigenvalue weighted by atomic mass is 10.0. The van der Waals surface area contributed by atoms with Gasteiger partial charge in [-0.25, -0.2) is 15.0 Å². The van der Waals surface area contributed by atoms with Gasteiger partial charge in [0.25, 0.3) is 5.91 Å². The van der Waals surface area contributed by atoms with Crippen molar-refractivity contribution in [1.29, 1.82) is 0 Å². The van der Waals surface area contributed by atoms with Crippen molar-refractivity contribution in [2.45, 2.75) is 38.8 Å². The summed E-state index contributed by atoms with van der Waals surface area (Å²) in [6.07, 6.45) is 5.02. The van der Waals surface area contributed by atoms with Crippen LogP contribution in [0.3, 0.4) is 0 Å². The lowest BCUT2D eigenvalue weighted by Crippen LogP contribution is -2.36. The number of benzene rings is 1. The fraction of sp³-hybridized carbons (Fsp3) is 0.455. The summed E-state index contributed by atoms with van der Waals surface area (Å²) in [5.41, 5.74) is 4.74. The van der Waals surface area contributed by atoms with Gasteiger partial charge in [0.1, 0.15) is 11.6 Å². The van der Waals surface area contributed by atoms with Crippen LogP contribution in [0.5, 0.6) is 0 Å². The van der Waals surface area contributed by atoms with Crippen LogP contribution in [0.25, 0.3) is 11.0 Å². The molecule has 4 heterocycles. The number of hydrogen-bond donors (Lipinski definition) is 0. The van der Waals surface area contributed by atoms with E-state index in [1.807, 2.05) is 47.8 Å². The third kappa shape index (κ3) is 3.09. The number of amides is 1. The number of aromatic nitrogens is 4. The molecule has 5 rings (SSSR count). The summed E-state index contributed by atoms with van der Waals surface area (Å²) in [4.78, 5) is 31.4. The fourth-order valence-corrected chi connectivity index (χ4v) is 4.54. The molecule has 1 atom stereocenters. The van der Waals surface area contributed by atoms with Crippen molar-refractivity contribution in [3.8, 4) is 0 Å². The molecule has 1 aromatic carbocycles. The molecule has 3 aromatic rings. The summed E-state index contributed by atoms with van der Waals surface area (Å²) in [6.45, 7) is 4.32. The molecule has 2 aliphatic heterocycles. The number of carbonyl (C=O) groups excluding carboxylic acids is 1. The Labute approximate surface area is 170 Å². The normalized spacial score (nSPS) is 19.7. The minimum atomic E-state index is 0.0421. The molecule has 1 fully saturated rings. The maximum absolute atomic E-state index is 13.1. The van der Waals surface area contributed by atoms with Gasteiger partial charge in [-0.15, -0.1) is 0 Å². The second-order valence-electron chi connectivity index (χ2n) is 8.24. The first-order valence-corrected chi connectivity index (χ1v) is 10.3. The van der Waals surface area contributed by atoms with Crippen LogP contribution in [0.2, 0.25) is 0 Å². The molecule has 0 bridgehead atoms. The van der Waals surface area contributed by atoms with Gasteiger partial charge in [0.15, 0.2) is 0 Å². The molecule has 0 N–H and O–H groups in total. The van der Waals surface area contributed by atoms with E-state index in [1.165, 1.54) is 6.42 Å². The molecule has 7 heteroatoms. The maximum atomic E-state index is 13.1. The number of likely N-dealkylation sites (tertiary alicyclic amines) is 1. The Bertz CT molecular complexity index is 1100. The van der Waals surface area contributed by atoms with E-state index in [-0.39, 0.29) is 5.91 Å². The van der Waals surface area contributed by atoms with Gasteiger partial charge in [-0.1, -0.05) is 0 Å². The molecular weight excluding hydrogens is 364 g/mol. The smallest absolute Gasteiger partial charge is 0.254 e. The molecule has 0 radical (unpaired) electrons. The number of aryl methyl sites for hydroxylation is 2. The van der Waals surface area contributed by atoms with Crippen LogP contribution < -0.4 is 0 Å². The van der Waals surface area contributed by atoms with E-state index in [2.05, 4.69) is 21.9 Å². The molecule has 0 aliphatic carbocycles. The highest BCUT2D eigenvalue weighted by atomic mass is 16.2. The highest BCUT2D eigenvalue weighted by Gasteiger charge is 2.28. The zero-order chi connectivity index (χ0) is 20.1. The summed E-state index contributed by atoms with van der Waals surface area (Å²) < 4.78 is 2.04. The van der Waals surface area contributed by atoms with Crippen molar-refractivity contribution >= 4 is 16.9 Å². The van der Waals surface area contributed by atoms with Crippen LogP contribution in [0.1, 0.15) is 52.1 Å². The Morgan fingerprint density at radius 3 is 2.83 bits per heavy atom. The van der Waals surface area contributed by atoms with Gasteiger partial charge in [0.2, 0.25) is 0 Å². The number of carbonyl (C=O) groups is 1. The maximum Gasteiger partial charge on any atom is 0.254 e. The summed E-state index contributed by atoms with van der Waals surface area (Å²) in [5.74, 6) is 1.91. The molecule has 150 valence electrons. The molecule has 0 spiro atoms. The van der Waals surface area contributed by atoms with Crippen LogP contribution in [-0.4, -0.2) is 55.4 Å². The Balaban J connectivity index is 1.37. The van der Waals surface area contributed by atoms with Crippen molar-refractivity contribution in [2.24, 2.45) is 7.05 Å². The van der Waals surface area contributed by atoms with Crippen LogP contribution in [-0.2, 0) is 20.0 Å². The van der Waals surface area contributed by atoms with Crippen LogP contribution in [0.4, 0.5) is 0 Å². The first-order valence-electron chi connectivity index (χ1n) is 10.3. The average molecular weight is 390 g/mol. The number of fused-ring (bicyclic) bond motifs is 2. The van der Waals surface area contributed by atoms with E-state index in [9.17, 15) is 4.79 Å². The van der Waals surface area contributed by atoms with Gasteiger partial charge in [0.05, 0.1) is 22.8 Å². The van der Waals surface area contributed by atoms with Crippen molar-refractivity contribution in [2.75, 3.05) is 20.1 Å². The first kappa shape index (κ1) is 18.2. The van der Waals surface area contributed by atoms with Crippen LogP contribution in [0, 0.1) is 6.92 Å². The SMILES string of the molecule is Cc1nc2cc(C(=O)N3CCc4nc([C@@H]5CCCN5C)ncc4C3)ccc2n1C. The second kappa shape index (κ2) is 6.91. The largest absolute Gasteiger partial charge is 0.334 e. The number of nitrogens with zero attached hydrogens (tertiary/aromatic N) is 6. The van der Waals surface area contributed by atoms with Gasteiger partial charge in [-0.05, 0) is 51.6 Å². The van der Waals surface area contributed by atoms with Crippen molar-refractivity contribution in [3.05, 3.63) is 52.9 Å². The molecule has 29 heavy (non-hydrogen) atoms. The van der Waals surface area contributed by atoms with E-state index in [4.69, 9.17) is 4.98 Å². The molecule has 0 unspecified atom stereocenters. The van der Waals surface area contributed by atoms with Gasteiger partial charge in [0, 0.05) is 43.9 Å². The first-order chi connectivity index (χ1) is 14.0. The summed E-state index contributed by atoms with van der Waals surface area (Å²) in [5, 5.41) is 0. The van der Waals surface area contributed by atoms with Crippen molar-refractivity contribution in [3.63, 3.8) is 0 Å². The third-order valence-electron chi connectivity index (χ3n) is 6.41. The lowest BCUT2D eigenvalue weighted by molar-refractivity contribution is 0.0733. The average Bonchev–Trinajstić information content (AvgIpc) is 3.29. The molecule has 2 aromatic heterocycles. The zero-order valence-corrected chi connectivity index (χ0v) is 17.2. The van der Waals surface area contributed by atoms with Gasteiger partial charge in [-0.2, -0.15) is 0 Å². The zero-order valence-electron chi connectivity index (χ0n) is 17.2. The highest BCUT2D eigenvalue weighted by molar-refractivity contribution is 5.97. The Kier molecular flexibility index (Phi) is 4.35. The van der Waals surface area contributed by atoms with Gasteiger partial charge < -0.3 is 9.47 Å². The van der Waals surface area contributed by atoms with E-state index in [1.54, 1.807) is 0 Å². The molecule has 0 saturated carbocycles. The molecule has 7 nitrogen and oxygen atoms in total. The van der Waals surface area contributed by atoms with E-state index < -0.39 is 0 Å².